The van der Waals surface area contributed by atoms with E-state index >= 15 is 0 Å². The number of likely N-dealkylation sites (tertiary alicyclic amines) is 1. The van der Waals surface area contributed by atoms with Gasteiger partial charge in [-0.1, -0.05) is 0 Å². The lowest BCUT2D eigenvalue weighted by atomic mass is 10.2. The van der Waals surface area contributed by atoms with Gasteiger partial charge in [-0.2, -0.15) is 0 Å². The molecule has 0 amide bonds. The van der Waals surface area contributed by atoms with E-state index in [4.69, 9.17) is 4.74 Å². The Morgan fingerprint density at radius 1 is 1.27 bits per heavy atom. The zero-order valence-electron chi connectivity index (χ0n) is 14.3. The average Bonchev–Trinajstić information content (AvgIpc) is 2.98. The van der Waals surface area contributed by atoms with Crippen LogP contribution in [-0.2, 0) is 4.74 Å². The fraction of sp³-hybridized carbons (Fsp3) is 0.933. The van der Waals surface area contributed by atoms with Crippen LogP contribution >= 0.6 is 24.0 Å². The summed E-state index contributed by atoms with van der Waals surface area (Å²) in [5, 5.41) is 3.50. The molecule has 2 aliphatic heterocycles. The van der Waals surface area contributed by atoms with Gasteiger partial charge in [0.05, 0.1) is 13.2 Å². The van der Waals surface area contributed by atoms with Crippen molar-refractivity contribution < 1.29 is 4.74 Å². The number of hydrogen-bond donors (Lipinski definition) is 1. The van der Waals surface area contributed by atoms with Crippen LogP contribution in [0.15, 0.2) is 4.99 Å². The van der Waals surface area contributed by atoms with Gasteiger partial charge in [0.1, 0.15) is 0 Å². The third-order valence-electron chi connectivity index (χ3n) is 4.30. The summed E-state index contributed by atoms with van der Waals surface area (Å²) in [6, 6.07) is 0.661. The Bertz CT molecular complexity index is 334. The van der Waals surface area contributed by atoms with Gasteiger partial charge in [-0.15, -0.1) is 24.0 Å². The summed E-state index contributed by atoms with van der Waals surface area (Å²) < 4.78 is 5.44. The zero-order chi connectivity index (χ0) is 15.1. The lowest BCUT2D eigenvalue weighted by molar-refractivity contribution is 0.0195. The van der Waals surface area contributed by atoms with Crippen LogP contribution in [0.4, 0.5) is 0 Å². The number of nitrogens with zero attached hydrogens (tertiary/aromatic N) is 4. The van der Waals surface area contributed by atoms with E-state index in [9.17, 15) is 0 Å². The van der Waals surface area contributed by atoms with Crippen LogP contribution in [0.25, 0.3) is 0 Å². The molecule has 7 heteroatoms. The van der Waals surface area contributed by atoms with E-state index in [1.54, 1.807) is 0 Å². The molecule has 2 fully saturated rings. The van der Waals surface area contributed by atoms with E-state index in [1.807, 2.05) is 7.05 Å². The van der Waals surface area contributed by atoms with Crippen LogP contribution in [-0.4, -0.2) is 100 Å². The highest BCUT2D eigenvalue weighted by molar-refractivity contribution is 14.0. The van der Waals surface area contributed by atoms with E-state index in [2.05, 4.69) is 39.1 Å². The average molecular weight is 425 g/mol. The van der Waals surface area contributed by atoms with Crippen LogP contribution in [0.3, 0.4) is 0 Å². The van der Waals surface area contributed by atoms with E-state index < -0.39 is 0 Å². The van der Waals surface area contributed by atoms with E-state index in [0.29, 0.717) is 6.04 Å². The van der Waals surface area contributed by atoms with Gasteiger partial charge in [-0.25, -0.2) is 0 Å². The van der Waals surface area contributed by atoms with Crippen molar-refractivity contribution in [3.63, 3.8) is 0 Å². The van der Waals surface area contributed by atoms with Crippen molar-refractivity contribution in [2.75, 3.05) is 73.6 Å². The van der Waals surface area contributed by atoms with Gasteiger partial charge in [-0.05, 0) is 33.5 Å². The number of halogens is 1. The smallest absolute Gasteiger partial charge is 0.193 e. The topological polar surface area (TPSA) is 43.3 Å². The summed E-state index contributed by atoms with van der Waals surface area (Å²) in [6.07, 6.45) is 2.38. The van der Waals surface area contributed by atoms with Crippen molar-refractivity contribution in [1.29, 1.82) is 0 Å². The molecule has 2 rings (SSSR count). The van der Waals surface area contributed by atoms with Crippen LogP contribution in [0, 0.1) is 0 Å². The van der Waals surface area contributed by atoms with Gasteiger partial charge < -0.3 is 19.9 Å². The van der Waals surface area contributed by atoms with E-state index in [0.717, 1.165) is 64.9 Å². The molecule has 1 unspecified atom stereocenters. The predicted octanol–water partition coefficient (Wildman–Crippen LogP) is 0.538. The first-order chi connectivity index (χ1) is 10.2. The Morgan fingerprint density at radius 3 is 2.64 bits per heavy atom. The lowest BCUT2D eigenvalue weighted by Crippen LogP contribution is -2.46. The molecule has 0 aromatic rings. The molecule has 0 bridgehead atoms. The molecular weight excluding hydrogens is 393 g/mol. The first-order valence-electron chi connectivity index (χ1n) is 8.13. The third-order valence-corrected chi connectivity index (χ3v) is 4.30. The molecule has 0 radical (unpaired) electrons. The standard InChI is InChI=1S/C15H31N5O.HI/c1-16-15(17-6-4-7-18(2)3)20-8-5-14(13-20)19-9-11-21-12-10-19;/h14H,4-13H2,1-3H3,(H,16,17);1H. The second-order valence-electron chi connectivity index (χ2n) is 6.17. The highest BCUT2D eigenvalue weighted by atomic mass is 127. The monoisotopic (exact) mass is 425 g/mol. The van der Waals surface area contributed by atoms with Gasteiger partial charge >= 0.3 is 0 Å². The molecule has 6 nitrogen and oxygen atoms in total. The Morgan fingerprint density at radius 2 is 2.00 bits per heavy atom. The number of hydrogen-bond acceptors (Lipinski definition) is 4. The molecule has 2 heterocycles. The molecule has 0 aliphatic carbocycles. The molecule has 22 heavy (non-hydrogen) atoms. The van der Waals surface area contributed by atoms with Crippen LogP contribution in [0.5, 0.6) is 0 Å². The molecule has 0 aromatic heterocycles. The molecule has 1 atom stereocenters. The van der Waals surface area contributed by atoms with Crippen LogP contribution < -0.4 is 5.32 Å². The summed E-state index contributed by atoms with van der Waals surface area (Å²) in [7, 11) is 6.11. The van der Waals surface area contributed by atoms with E-state index in [1.165, 1.54) is 6.42 Å². The van der Waals surface area contributed by atoms with Gasteiger partial charge in [0, 0.05) is 45.8 Å². The minimum absolute atomic E-state index is 0. The highest BCUT2D eigenvalue weighted by Gasteiger charge is 2.30. The van der Waals surface area contributed by atoms with Gasteiger partial charge in [-0.3, -0.25) is 9.89 Å². The summed E-state index contributed by atoms with van der Waals surface area (Å²) in [5.74, 6) is 1.06. The van der Waals surface area contributed by atoms with Crippen molar-refractivity contribution in [3.8, 4) is 0 Å². The zero-order valence-corrected chi connectivity index (χ0v) is 16.6. The number of aliphatic imine (C=N–C) groups is 1. The number of nitrogens with one attached hydrogen (secondary N) is 1. The third kappa shape index (κ3) is 6.17. The maximum absolute atomic E-state index is 5.44. The molecule has 2 saturated heterocycles. The Labute approximate surface area is 152 Å². The minimum Gasteiger partial charge on any atom is -0.379 e. The lowest BCUT2D eigenvalue weighted by Gasteiger charge is -2.32. The van der Waals surface area contributed by atoms with Crippen molar-refractivity contribution in [2.45, 2.75) is 18.9 Å². The van der Waals surface area contributed by atoms with Crippen LogP contribution in [0.2, 0.25) is 0 Å². The molecule has 1 N–H and O–H groups in total. The summed E-state index contributed by atoms with van der Waals surface area (Å²) in [6.45, 7) is 8.22. The van der Waals surface area contributed by atoms with Crippen LogP contribution in [0.1, 0.15) is 12.8 Å². The summed E-state index contributed by atoms with van der Waals surface area (Å²) in [5.41, 5.74) is 0. The summed E-state index contributed by atoms with van der Waals surface area (Å²) >= 11 is 0. The van der Waals surface area contributed by atoms with Gasteiger partial charge in [0.25, 0.3) is 0 Å². The van der Waals surface area contributed by atoms with Crippen molar-refractivity contribution in [3.05, 3.63) is 0 Å². The number of morpholine rings is 1. The predicted molar refractivity (Wildman–Crippen MR) is 102 cm³/mol. The van der Waals surface area contributed by atoms with Gasteiger partial charge in [0.15, 0.2) is 5.96 Å². The molecule has 0 aromatic carbocycles. The quantitative estimate of drug-likeness (QED) is 0.302. The first kappa shape index (κ1) is 19.9. The summed E-state index contributed by atoms with van der Waals surface area (Å²) in [4.78, 5) is 11.6. The first-order valence-corrected chi connectivity index (χ1v) is 8.13. The minimum atomic E-state index is 0. The Kier molecular flexibility index (Phi) is 9.62. The fourth-order valence-corrected chi connectivity index (χ4v) is 3.10. The second kappa shape index (κ2) is 10.6. The van der Waals surface area contributed by atoms with E-state index in [-0.39, 0.29) is 24.0 Å². The molecule has 130 valence electrons. The van der Waals surface area contributed by atoms with Crippen molar-refractivity contribution in [2.24, 2.45) is 4.99 Å². The molecule has 0 spiro atoms. The van der Waals surface area contributed by atoms with Crippen molar-refractivity contribution in [1.82, 2.24) is 20.0 Å². The highest BCUT2D eigenvalue weighted by Crippen LogP contribution is 2.16. The molecule has 2 aliphatic rings. The number of guanidine groups is 1. The SMILES string of the molecule is CN=C(NCCCN(C)C)N1CCC(N2CCOCC2)C1.I. The normalized spacial score (nSPS) is 23.7. The van der Waals surface area contributed by atoms with Crippen molar-refractivity contribution >= 4 is 29.9 Å². The molecule has 0 saturated carbocycles. The number of ether oxygens (including phenoxy) is 1. The largest absolute Gasteiger partial charge is 0.379 e. The molecular formula is C15H32IN5O. The Hall–Kier alpha value is -0.120. The number of rotatable bonds is 5. The fourth-order valence-electron chi connectivity index (χ4n) is 3.10. The second-order valence-corrected chi connectivity index (χ2v) is 6.17. The maximum Gasteiger partial charge on any atom is 0.193 e. The Balaban J connectivity index is 0.00000242. The van der Waals surface area contributed by atoms with Gasteiger partial charge in [0.2, 0.25) is 0 Å². The maximum atomic E-state index is 5.44.